The van der Waals surface area contributed by atoms with Gasteiger partial charge in [0.1, 0.15) is 5.75 Å². The van der Waals surface area contributed by atoms with Gasteiger partial charge in [-0.2, -0.15) is 31.6 Å². The van der Waals surface area contributed by atoms with E-state index in [0.717, 1.165) is 0 Å². The van der Waals surface area contributed by atoms with Crippen molar-refractivity contribution in [1.29, 1.82) is 5.26 Å². The highest BCUT2D eigenvalue weighted by Crippen LogP contribution is 2.38. The van der Waals surface area contributed by atoms with E-state index < -0.39 is 39.2 Å². The molecule has 12 heteroatoms. The van der Waals surface area contributed by atoms with Crippen LogP contribution in [0.1, 0.15) is 35.1 Å². The first kappa shape index (κ1) is 25.3. The third kappa shape index (κ3) is 6.29. The fraction of sp³-hybridized carbons (Fsp3) is 0.350. The lowest BCUT2D eigenvalue weighted by Gasteiger charge is -2.17. The zero-order valence-corrected chi connectivity index (χ0v) is 17.7. The molecule has 2 rings (SSSR count). The smallest absolute Gasteiger partial charge is 0.416 e. The van der Waals surface area contributed by atoms with Crippen molar-refractivity contribution in [3.05, 3.63) is 52.6 Å². The molecule has 0 radical (unpaired) electrons. The average Bonchev–Trinajstić information content (AvgIpc) is 2.62. The SMILES string of the molecule is Cc1cc(OCCCC#N)cc(C)c1S(=O)(=O)Nc1cc(C(F)(F)F)cc(C(F)(F)F)c1. The molecule has 0 bridgehead atoms. The van der Waals surface area contributed by atoms with Crippen LogP contribution in [0.15, 0.2) is 35.2 Å². The second-order valence-electron chi connectivity index (χ2n) is 6.90. The number of nitrogens with one attached hydrogen (secondary N) is 1. The maximum atomic E-state index is 13.0. The fourth-order valence-corrected chi connectivity index (χ4v) is 4.47. The Morgan fingerprint density at radius 3 is 1.88 bits per heavy atom. The summed E-state index contributed by atoms with van der Waals surface area (Å²) in [5.74, 6) is 0.315. The van der Waals surface area contributed by atoms with E-state index in [-0.39, 0.29) is 35.1 Å². The molecule has 0 fully saturated rings. The van der Waals surface area contributed by atoms with Crippen LogP contribution >= 0.6 is 0 Å². The minimum atomic E-state index is -5.11. The molecule has 2 aromatic carbocycles. The molecule has 0 aromatic heterocycles. The number of alkyl halides is 6. The van der Waals surface area contributed by atoms with Gasteiger partial charge in [0.15, 0.2) is 0 Å². The third-order valence-corrected chi connectivity index (χ3v) is 5.93. The number of sulfonamides is 1. The van der Waals surface area contributed by atoms with Crippen LogP contribution in [0.25, 0.3) is 0 Å². The Hall–Kier alpha value is -2.94. The lowest BCUT2D eigenvalue weighted by molar-refractivity contribution is -0.143. The number of nitriles is 1. The van der Waals surface area contributed by atoms with Crippen molar-refractivity contribution >= 4 is 15.7 Å². The molecule has 2 aromatic rings. The van der Waals surface area contributed by atoms with E-state index in [0.29, 0.717) is 24.3 Å². The number of halogens is 6. The van der Waals surface area contributed by atoms with Crippen LogP contribution < -0.4 is 9.46 Å². The van der Waals surface area contributed by atoms with Crippen molar-refractivity contribution < 1.29 is 39.5 Å². The summed E-state index contributed by atoms with van der Waals surface area (Å²) in [4.78, 5) is -0.298. The van der Waals surface area contributed by atoms with Gasteiger partial charge in [-0.15, -0.1) is 0 Å². The Bertz CT molecular complexity index is 1080. The Morgan fingerprint density at radius 2 is 1.44 bits per heavy atom. The standard InChI is InChI=1S/C20H18F6N2O3S/c1-12-7-17(31-6-4-3-5-27)8-13(2)18(12)32(29,30)28-16-10-14(19(21,22)23)9-15(11-16)20(24,25)26/h7-11,28H,3-4,6H2,1-2H3. The summed E-state index contributed by atoms with van der Waals surface area (Å²) in [5.41, 5.74) is -3.80. The highest BCUT2D eigenvalue weighted by atomic mass is 32.2. The number of ether oxygens (including phenoxy) is 1. The van der Waals surface area contributed by atoms with Crippen molar-refractivity contribution in [3.63, 3.8) is 0 Å². The van der Waals surface area contributed by atoms with E-state index >= 15 is 0 Å². The van der Waals surface area contributed by atoms with E-state index in [1.165, 1.54) is 26.0 Å². The molecule has 174 valence electrons. The molecule has 0 unspecified atom stereocenters. The molecule has 0 saturated heterocycles. The van der Waals surface area contributed by atoms with E-state index in [4.69, 9.17) is 10.00 Å². The van der Waals surface area contributed by atoms with Gasteiger partial charge < -0.3 is 4.74 Å². The number of hydrogen-bond donors (Lipinski definition) is 1. The molecule has 0 amide bonds. The number of rotatable bonds is 7. The molecule has 0 aliphatic carbocycles. The molecule has 0 saturated carbocycles. The number of aryl methyl sites for hydroxylation is 2. The van der Waals surface area contributed by atoms with Gasteiger partial charge in [0, 0.05) is 6.42 Å². The van der Waals surface area contributed by atoms with Crippen LogP contribution in [0.3, 0.4) is 0 Å². The van der Waals surface area contributed by atoms with Crippen LogP contribution in [-0.4, -0.2) is 15.0 Å². The Balaban J connectivity index is 2.42. The fourth-order valence-electron chi connectivity index (χ4n) is 2.98. The third-order valence-electron chi connectivity index (χ3n) is 4.24. The highest BCUT2D eigenvalue weighted by Gasteiger charge is 2.37. The molecule has 5 nitrogen and oxygen atoms in total. The number of anilines is 1. The van der Waals surface area contributed by atoms with Gasteiger partial charge in [0.05, 0.1) is 34.4 Å². The molecular formula is C20H18F6N2O3S. The normalized spacial score (nSPS) is 12.3. The van der Waals surface area contributed by atoms with Crippen molar-refractivity contribution in [1.82, 2.24) is 0 Å². The summed E-state index contributed by atoms with van der Waals surface area (Å²) >= 11 is 0. The lowest BCUT2D eigenvalue weighted by atomic mass is 10.1. The van der Waals surface area contributed by atoms with Gasteiger partial charge in [-0.3, -0.25) is 4.72 Å². The average molecular weight is 480 g/mol. The van der Waals surface area contributed by atoms with Gasteiger partial charge in [-0.05, 0) is 61.7 Å². The number of nitrogens with zero attached hydrogens (tertiary/aromatic N) is 1. The second kappa shape index (κ2) is 9.28. The number of unbranched alkanes of at least 4 members (excludes halogenated alkanes) is 1. The predicted octanol–water partition coefficient (Wildman–Crippen LogP) is 5.82. The molecule has 0 aliphatic heterocycles. The first-order chi connectivity index (χ1) is 14.6. The van der Waals surface area contributed by atoms with Crippen molar-refractivity contribution in [2.45, 2.75) is 43.9 Å². The van der Waals surface area contributed by atoms with Gasteiger partial charge in [0.2, 0.25) is 0 Å². The maximum absolute atomic E-state index is 13.0. The molecule has 0 aliphatic rings. The first-order valence-electron chi connectivity index (χ1n) is 9.08. The largest absolute Gasteiger partial charge is 0.494 e. The molecule has 0 atom stereocenters. The van der Waals surface area contributed by atoms with Gasteiger partial charge in [0.25, 0.3) is 10.0 Å². The van der Waals surface area contributed by atoms with Gasteiger partial charge in [-0.1, -0.05) is 0 Å². The van der Waals surface area contributed by atoms with E-state index in [9.17, 15) is 34.8 Å². The van der Waals surface area contributed by atoms with Crippen LogP contribution in [0.5, 0.6) is 5.75 Å². The zero-order chi connectivity index (χ0) is 24.3. The maximum Gasteiger partial charge on any atom is 0.416 e. The van der Waals surface area contributed by atoms with E-state index in [1.54, 1.807) is 0 Å². The highest BCUT2D eigenvalue weighted by molar-refractivity contribution is 7.92. The zero-order valence-electron chi connectivity index (χ0n) is 16.9. The summed E-state index contributed by atoms with van der Waals surface area (Å²) in [6.45, 7) is 3.04. The Labute approximate surface area is 180 Å². The van der Waals surface area contributed by atoms with Crippen LogP contribution in [0, 0.1) is 25.2 Å². The molecule has 0 spiro atoms. The predicted molar refractivity (Wildman–Crippen MR) is 104 cm³/mol. The van der Waals surface area contributed by atoms with Crippen molar-refractivity contribution in [2.24, 2.45) is 0 Å². The lowest BCUT2D eigenvalue weighted by Crippen LogP contribution is -2.18. The van der Waals surface area contributed by atoms with Crippen LogP contribution in [-0.2, 0) is 22.4 Å². The van der Waals surface area contributed by atoms with Gasteiger partial charge in [-0.25, -0.2) is 8.42 Å². The Kier molecular flexibility index (Phi) is 7.34. The summed E-state index contributed by atoms with van der Waals surface area (Å²) in [5, 5.41) is 8.52. The second-order valence-corrected chi connectivity index (χ2v) is 8.52. The Morgan fingerprint density at radius 1 is 0.938 bits per heavy atom. The van der Waals surface area contributed by atoms with Crippen LogP contribution in [0.2, 0.25) is 0 Å². The first-order valence-corrected chi connectivity index (χ1v) is 10.6. The molecule has 1 N–H and O–H groups in total. The van der Waals surface area contributed by atoms with Crippen molar-refractivity contribution in [2.75, 3.05) is 11.3 Å². The van der Waals surface area contributed by atoms with Crippen LogP contribution in [0.4, 0.5) is 32.0 Å². The number of hydrogen-bond acceptors (Lipinski definition) is 4. The summed E-state index contributed by atoms with van der Waals surface area (Å²) in [6.07, 6.45) is -9.51. The number of benzene rings is 2. The van der Waals surface area contributed by atoms with Gasteiger partial charge >= 0.3 is 12.4 Å². The quantitative estimate of drug-likeness (QED) is 0.400. The summed E-state index contributed by atoms with van der Waals surface area (Å²) < 4.78 is 111. The summed E-state index contributed by atoms with van der Waals surface area (Å²) in [7, 11) is -4.53. The molecule has 0 heterocycles. The minimum Gasteiger partial charge on any atom is -0.494 e. The molecule has 32 heavy (non-hydrogen) atoms. The minimum absolute atomic E-state index is 0.0905. The van der Waals surface area contributed by atoms with Crippen molar-refractivity contribution in [3.8, 4) is 11.8 Å². The van der Waals surface area contributed by atoms with E-state index in [2.05, 4.69) is 0 Å². The van der Waals surface area contributed by atoms with E-state index in [1.807, 2.05) is 10.8 Å². The molecular weight excluding hydrogens is 462 g/mol. The monoisotopic (exact) mass is 480 g/mol. The summed E-state index contributed by atoms with van der Waals surface area (Å²) in [6, 6.07) is 5.20. The topological polar surface area (TPSA) is 79.2 Å².